The normalized spacial score (nSPS) is 14.8. The lowest BCUT2D eigenvalue weighted by atomic mass is 10.1. The van der Waals surface area contributed by atoms with Crippen molar-refractivity contribution >= 4 is 16.6 Å². The monoisotopic (exact) mass is 424 g/mol. The van der Waals surface area contributed by atoms with Crippen LogP contribution in [0.3, 0.4) is 0 Å². The van der Waals surface area contributed by atoms with Crippen LogP contribution in [0.2, 0.25) is 0 Å². The fraction of sp³-hybridized carbons (Fsp3) is 0.120. The van der Waals surface area contributed by atoms with Crippen molar-refractivity contribution in [3.63, 3.8) is 0 Å². The van der Waals surface area contributed by atoms with E-state index in [2.05, 4.69) is 9.88 Å². The molecular weight excluding hydrogens is 404 g/mol. The van der Waals surface area contributed by atoms with Gasteiger partial charge in [0.2, 0.25) is 0 Å². The molecule has 0 saturated carbocycles. The van der Waals surface area contributed by atoms with Gasteiger partial charge in [-0.05, 0) is 29.8 Å². The molecule has 0 unspecified atom stereocenters. The first-order chi connectivity index (χ1) is 15.6. The molecule has 7 heteroatoms. The number of furan rings is 1. The second-order valence-electron chi connectivity index (χ2n) is 7.97. The van der Waals surface area contributed by atoms with Crippen LogP contribution < -0.4 is 16.6 Å². The van der Waals surface area contributed by atoms with Crippen LogP contribution in [0.25, 0.3) is 27.8 Å². The first kappa shape index (κ1) is 18.5. The fourth-order valence-corrected chi connectivity index (χ4v) is 4.76. The lowest BCUT2D eigenvalue weighted by molar-refractivity contribution is 0.492. The van der Waals surface area contributed by atoms with Crippen molar-refractivity contribution in [3.05, 3.63) is 105 Å². The van der Waals surface area contributed by atoms with Gasteiger partial charge in [0.05, 0.1) is 39.9 Å². The Hall–Kier alpha value is -4.26. The van der Waals surface area contributed by atoms with Crippen LogP contribution in [0.4, 0.5) is 5.69 Å². The van der Waals surface area contributed by atoms with Crippen molar-refractivity contribution in [2.24, 2.45) is 14.1 Å². The minimum Gasteiger partial charge on any atom is -0.467 e. The highest BCUT2D eigenvalue weighted by Gasteiger charge is 2.35. The number of para-hydroxylation sites is 2. The maximum atomic E-state index is 13.5. The minimum atomic E-state index is -0.377. The van der Waals surface area contributed by atoms with Crippen molar-refractivity contribution in [2.45, 2.75) is 6.04 Å². The molecule has 1 atom stereocenters. The molecule has 0 bridgehead atoms. The molecule has 2 aromatic carbocycles. The molecule has 0 saturated heterocycles. The van der Waals surface area contributed by atoms with Crippen molar-refractivity contribution in [1.82, 2.24) is 13.7 Å². The predicted molar refractivity (Wildman–Crippen MR) is 123 cm³/mol. The molecule has 0 aliphatic carbocycles. The van der Waals surface area contributed by atoms with Crippen LogP contribution in [0.5, 0.6) is 0 Å². The molecule has 4 heterocycles. The third-order valence-electron chi connectivity index (χ3n) is 6.20. The zero-order valence-electron chi connectivity index (χ0n) is 17.6. The fourth-order valence-electron chi connectivity index (χ4n) is 4.76. The summed E-state index contributed by atoms with van der Waals surface area (Å²) in [6, 6.07) is 21.1. The second kappa shape index (κ2) is 6.62. The molecule has 1 N–H and O–H groups in total. The first-order valence-corrected chi connectivity index (χ1v) is 10.4. The zero-order chi connectivity index (χ0) is 22.0. The van der Waals surface area contributed by atoms with Gasteiger partial charge in [-0.25, -0.2) is 4.79 Å². The number of anilines is 1. The van der Waals surface area contributed by atoms with Gasteiger partial charge in [0.15, 0.2) is 0 Å². The molecular formula is C25H20N4O3. The summed E-state index contributed by atoms with van der Waals surface area (Å²) in [5, 5.41) is 4.06. The Morgan fingerprint density at radius 3 is 2.38 bits per heavy atom. The highest BCUT2D eigenvalue weighted by atomic mass is 16.3. The third-order valence-corrected chi connectivity index (χ3v) is 6.20. The lowest BCUT2D eigenvalue weighted by Gasteiger charge is -2.29. The van der Waals surface area contributed by atoms with E-state index in [1.807, 2.05) is 66.7 Å². The van der Waals surface area contributed by atoms with Gasteiger partial charge in [-0.3, -0.25) is 13.9 Å². The average Bonchev–Trinajstić information content (AvgIpc) is 3.48. The van der Waals surface area contributed by atoms with E-state index in [-0.39, 0.29) is 17.3 Å². The maximum absolute atomic E-state index is 13.5. The van der Waals surface area contributed by atoms with Crippen LogP contribution in [0, 0.1) is 0 Å². The van der Waals surface area contributed by atoms with Gasteiger partial charge in [0.1, 0.15) is 11.8 Å². The summed E-state index contributed by atoms with van der Waals surface area (Å²) in [5.41, 5.74) is 4.19. The van der Waals surface area contributed by atoms with E-state index < -0.39 is 0 Å². The number of fused-ring (bicyclic) bond motifs is 5. The van der Waals surface area contributed by atoms with Crippen LogP contribution >= 0.6 is 0 Å². The Kier molecular flexibility index (Phi) is 3.83. The number of rotatable bonds is 2. The number of aromatic nitrogens is 3. The Bertz CT molecular complexity index is 1610. The van der Waals surface area contributed by atoms with Gasteiger partial charge >= 0.3 is 5.69 Å². The van der Waals surface area contributed by atoms with Crippen LogP contribution in [0.15, 0.2) is 87.0 Å². The number of nitrogens with zero attached hydrogens (tertiary/aromatic N) is 3. The summed E-state index contributed by atoms with van der Waals surface area (Å²) >= 11 is 0. The van der Waals surface area contributed by atoms with Crippen LogP contribution in [0.1, 0.15) is 17.5 Å². The van der Waals surface area contributed by atoms with E-state index in [1.54, 1.807) is 17.9 Å². The Morgan fingerprint density at radius 2 is 1.62 bits per heavy atom. The molecule has 0 amide bonds. The summed E-state index contributed by atoms with van der Waals surface area (Å²) in [6.07, 6.45) is 1.63. The highest BCUT2D eigenvalue weighted by Crippen LogP contribution is 2.45. The summed E-state index contributed by atoms with van der Waals surface area (Å²) in [6.45, 7) is 0. The third kappa shape index (κ3) is 2.36. The molecule has 32 heavy (non-hydrogen) atoms. The Morgan fingerprint density at radius 1 is 0.875 bits per heavy atom. The van der Waals surface area contributed by atoms with E-state index >= 15 is 0 Å². The smallest absolute Gasteiger partial charge is 0.331 e. The second-order valence-corrected chi connectivity index (χ2v) is 7.97. The predicted octanol–water partition coefficient (Wildman–Crippen LogP) is 3.80. The lowest BCUT2D eigenvalue weighted by Crippen LogP contribution is -2.37. The summed E-state index contributed by atoms with van der Waals surface area (Å²) < 4.78 is 10.6. The van der Waals surface area contributed by atoms with Gasteiger partial charge in [-0.2, -0.15) is 0 Å². The van der Waals surface area contributed by atoms with Gasteiger partial charge < -0.3 is 14.3 Å². The van der Waals surface area contributed by atoms with Gasteiger partial charge in [0.25, 0.3) is 5.56 Å². The maximum Gasteiger partial charge on any atom is 0.331 e. The van der Waals surface area contributed by atoms with Crippen LogP contribution in [-0.4, -0.2) is 13.7 Å². The Balaban J connectivity index is 1.90. The standard InChI is InChI=1S/C25H20N4O3/c1-27-22-19(24(30)28(2)25(27)31)21(15-9-4-3-5-10-15)29-17-12-7-6-11-16(17)26-20(23(22)29)18-13-8-14-32-18/h3-14,20,26H,1-2H3/t20-/m1/s1. The van der Waals surface area contributed by atoms with E-state index in [1.165, 1.54) is 11.6 Å². The minimum absolute atomic E-state index is 0.320. The number of benzene rings is 2. The van der Waals surface area contributed by atoms with E-state index in [4.69, 9.17) is 4.42 Å². The summed E-state index contributed by atoms with van der Waals surface area (Å²) in [4.78, 5) is 26.5. The molecule has 0 spiro atoms. The topological polar surface area (TPSA) is 74.1 Å². The van der Waals surface area contributed by atoms with Crippen molar-refractivity contribution < 1.29 is 4.42 Å². The molecule has 0 radical (unpaired) electrons. The Labute approximate surface area is 182 Å². The van der Waals surface area contributed by atoms with Gasteiger partial charge in [-0.15, -0.1) is 0 Å². The molecule has 158 valence electrons. The number of hydrogen-bond acceptors (Lipinski definition) is 4. The summed E-state index contributed by atoms with van der Waals surface area (Å²) in [7, 11) is 3.23. The van der Waals surface area contributed by atoms with E-state index in [9.17, 15) is 9.59 Å². The number of nitrogens with one attached hydrogen (secondary N) is 1. The van der Waals surface area contributed by atoms with Crippen molar-refractivity contribution in [3.8, 4) is 16.9 Å². The largest absolute Gasteiger partial charge is 0.467 e. The molecule has 1 aliphatic rings. The molecule has 5 aromatic rings. The van der Waals surface area contributed by atoms with Gasteiger partial charge in [0, 0.05) is 14.1 Å². The average molecular weight is 424 g/mol. The SMILES string of the molecule is Cn1c(=O)c2c(-c3ccccc3)n3c(c2n(C)c1=O)[C@@H](c1ccco1)Nc1ccccc1-3. The quantitative estimate of drug-likeness (QED) is 0.468. The van der Waals surface area contributed by atoms with Crippen LogP contribution in [-0.2, 0) is 14.1 Å². The van der Waals surface area contributed by atoms with Crippen molar-refractivity contribution in [2.75, 3.05) is 5.32 Å². The number of hydrogen-bond donors (Lipinski definition) is 1. The van der Waals surface area contributed by atoms with Gasteiger partial charge in [-0.1, -0.05) is 42.5 Å². The molecule has 6 rings (SSSR count). The molecule has 7 nitrogen and oxygen atoms in total. The van der Waals surface area contributed by atoms with E-state index in [0.29, 0.717) is 16.7 Å². The molecule has 0 fully saturated rings. The van der Waals surface area contributed by atoms with E-state index in [0.717, 1.165) is 28.3 Å². The number of aryl methyl sites for hydroxylation is 1. The zero-order valence-corrected chi connectivity index (χ0v) is 17.6. The highest BCUT2D eigenvalue weighted by molar-refractivity contribution is 5.99. The van der Waals surface area contributed by atoms with Crippen molar-refractivity contribution in [1.29, 1.82) is 0 Å². The first-order valence-electron chi connectivity index (χ1n) is 10.4. The molecule has 1 aliphatic heterocycles. The summed E-state index contributed by atoms with van der Waals surface area (Å²) in [5.74, 6) is 0.702. The molecule has 3 aromatic heterocycles.